The molecule has 0 aromatic heterocycles. The predicted octanol–water partition coefficient (Wildman–Crippen LogP) is 2.82. The molecule has 2 aromatic carbocycles. The van der Waals surface area contributed by atoms with Crippen LogP contribution in [-0.2, 0) is 4.79 Å². The van der Waals surface area contributed by atoms with Crippen molar-refractivity contribution >= 4 is 27.7 Å². The summed E-state index contributed by atoms with van der Waals surface area (Å²) in [5.41, 5.74) is 4.91. The van der Waals surface area contributed by atoms with Crippen molar-refractivity contribution in [2.45, 2.75) is 13.0 Å². The van der Waals surface area contributed by atoms with Crippen molar-refractivity contribution in [2.75, 3.05) is 0 Å². The van der Waals surface area contributed by atoms with E-state index in [2.05, 4.69) is 26.8 Å². The first-order chi connectivity index (χ1) is 11.0. The van der Waals surface area contributed by atoms with E-state index in [1.807, 2.05) is 0 Å². The molecule has 0 heterocycles. The molecule has 120 valence electrons. The lowest BCUT2D eigenvalue weighted by Crippen LogP contribution is -2.47. The van der Waals surface area contributed by atoms with Crippen molar-refractivity contribution < 1.29 is 18.7 Å². The van der Waals surface area contributed by atoms with Gasteiger partial charge in [0.05, 0.1) is 0 Å². The molecule has 0 fully saturated rings. The van der Waals surface area contributed by atoms with Gasteiger partial charge in [-0.25, -0.2) is 4.39 Å². The summed E-state index contributed by atoms with van der Waals surface area (Å²) in [6, 6.07) is 12.6. The van der Waals surface area contributed by atoms with E-state index in [-0.39, 0.29) is 5.75 Å². The molecule has 0 aliphatic rings. The SMILES string of the molecule is C[C@H](Oc1ccc(Br)cc1F)C(=O)NNC(=O)c1ccccc1. The van der Waals surface area contributed by atoms with Gasteiger partial charge in [0, 0.05) is 10.0 Å². The first-order valence-corrected chi connectivity index (χ1v) is 7.53. The van der Waals surface area contributed by atoms with Gasteiger partial charge in [0.25, 0.3) is 11.8 Å². The Morgan fingerprint density at radius 1 is 1.13 bits per heavy atom. The van der Waals surface area contributed by atoms with E-state index in [0.717, 1.165) is 0 Å². The Bertz CT molecular complexity index is 710. The van der Waals surface area contributed by atoms with E-state index >= 15 is 0 Å². The van der Waals surface area contributed by atoms with Crippen molar-refractivity contribution in [2.24, 2.45) is 0 Å². The molecule has 0 spiro atoms. The maximum Gasteiger partial charge on any atom is 0.279 e. The number of nitrogens with one attached hydrogen (secondary N) is 2. The molecule has 7 heteroatoms. The molecule has 23 heavy (non-hydrogen) atoms. The number of halogens is 2. The molecule has 5 nitrogen and oxygen atoms in total. The molecule has 2 aromatic rings. The summed E-state index contributed by atoms with van der Waals surface area (Å²) in [6.07, 6.45) is -0.984. The smallest absolute Gasteiger partial charge is 0.279 e. The van der Waals surface area contributed by atoms with Crippen LogP contribution >= 0.6 is 15.9 Å². The van der Waals surface area contributed by atoms with E-state index in [4.69, 9.17) is 4.74 Å². The zero-order chi connectivity index (χ0) is 16.8. The maximum atomic E-state index is 13.7. The van der Waals surface area contributed by atoms with Crippen molar-refractivity contribution in [3.05, 3.63) is 64.4 Å². The fourth-order valence-corrected chi connectivity index (χ4v) is 2.03. The minimum absolute atomic E-state index is 0.0507. The third kappa shape index (κ3) is 4.79. The normalized spacial score (nSPS) is 11.4. The average molecular weight is 381 g/mol. The number of hydrogen-bond acceptors (Lipinski definition) is 3. The Labute approximate surface area is 140 Å². The lowest BCUT2D eigenvalue weighted by Gasteiger charge is -2.15. The van der Waals surface area contributed by atoms with Crippen molar-refractivity contribution in [1.82, 2.24) is 10.9 Å². The van der Waals surface area contributed by atoms with Gasteiger partial charge >= 0.3 is 0 Å². The van der Waals surface area contributed by atoms with E-state index in [0.29, 0.717) is 10.0 Å². The first-order valence-electron chi connectivity index (χ1n) is 6.74. The van der Waals surface area contributed by atoms with Gasteiger partial charge < -0.3 is 4.74 Å². The van der Waals surface area contributed by atoms with Gasteiger partial charge in [-0.3, -0.25) is 20.4 Å². The predicted molar refractivity (Wildman–Crippen MR) is 86.2 cm³/mol. The van der Waals surface area contributed by atoms with Crippen LogP contribution in [-0.4, -0.2) is 17.9 Å². The summed E-state index contributed by atoms with van der Waals surface area (Å²) >= 11 is 3.13. The third-order valence-electron chi connectivity index (χ3n) is 2.90. The fourth-order valence-electron chi connectivity index (χ4n) is 1.70. The Morgan fingerprint density at radius 3 is 2.48 bits per heavy atom. The Hall–Kier alpha value is -2.41. The quantitative estimate of drug-likeness (QED) is 0.801. The second kappa shape index (κ2) is 7.73. The highest BCUT2D eigenvalue weighted by molar-refractivity contribution is 9.10. The van der Waals surface area contributed by atoms with Gasteiger partial charge in [0.1, 0.15) is 0 Å². The summed E-state index contributed by atoms with van der Waals surface area (Å²) in [5.74, 6) is -1.70. The van der Waals surface area contributed by atoms with Gasteiger partial charge in [-0.1, -0.05) is 34.1 Å². The van der Waals surface area contributed by atoms with Crippen LogP contribution in [0, 0.1) is 5.82 Å². The Morgan fingerprint density at radius 2 is 1.83 bits per heavy atom. The molecule has 2 amide bonds. The van der Waals surface area contributed by atoms with Crippen molar-refractivity contribution in [3.63, 3.8) is 0 Å². The molecule has 2 rings (SSSR count). The van der Waals surface area contributed by atoms with Crippen LogP contribution in [0.5, 0.6) is 5.75 Å². The van der Waals surface area contributed by atoms with Gasteiger partial charge in [-0.15, -0.1) is 0 Å². The lowest BCUT2D eigenvalue weighted by molar-refractivity contribution is -0.128. The summed E-state index contributed by atoms with van der Waals surface area (Å²) in [7, 11) is 0. The molecule has 2 N–H and O–H groups in total. The van der Waals surface area contributed by atoms with Crippen LogP contribution in [0.25, 0.3) is 0 Å². The van der Waals surface area contributed by atoms with Gasteiger partial charge in [-0.05, 0) is 37.3 Å². The third-order valence-corrected chi connectivity index (χ3v) is 3.40. The molecule has 0 unspecified atom stereocenters. The molecule has 0 radical (unpaired) electrons. The number of benzene rings is 2. The molecule has 0 saturated heterocycles. The number of carbonyl (C=O) groups is 2. The van der Waals surface area contributed by atoms with Crippen LogP contribution in [0.15, 0.2) is 53.0 Å². The number of hydrogen-bond donors (Lipinski definition) is 2. The largest absolute Gasteiger partial charge is 0.478 e. The number of ether oxygens (including phenoxy) is 1. The van der Waals surface area contributed by atoms with E-state index in [9.17, 15) is 14.0 Å². The lowest BCUT2D eigenvalue weighted by atomic mass is 10.2. The molecule has 0 aliphatic heterocycles. The van der Waals surface area contributed by atoms with Crippen LogP contribution < -0.4 is 15.6 Å². The molecular weight excluding hydrogens is 367 g/mol. The second-order valence-electron chi connectivity index (χ2n) is 4.64. The first kappa shape index (κ1) is 17.0. The number of carbonyl (C=O) groups excluding carboxylic acids is 2. The summed E-state index contributed by atoms with van der Waals surface area (Å²) in [6.45, 7) is 1.45. The average Bonchev–Trinajstić information content (AvgIpc) is 2.55. The topological polar surface area (TPSA) is 67.4 Å². The van der Waals surface area contributed by atoms with Crippen LogP contribution in [0.4, 0.5) is 4.39 Å². The molecule has 1 atom stereocenters. The zero-order valence-electron chi connectivity index (χ0n) is 12.2. The summed E-state index contributed by atoms with van der Waals surface area (Å²) in [5, 5.41) is 0. The zero-order valence-corrected chi connectivity index (χ0v) is 13.8. The van der Waals surface area contributed by atoms with Crippen molar-refractivity contribution in [3.8, 4) is 5.75 Å². The summed E-state index contributed by atoms with van der Waals surface area (Å²) in [4.78, 5) is 23.7. The summed E-state index contributed by atoms with van der Waals surface area (Å²) < 4.78 is 19.5. The van der Waals surface area contributed by atoms with Crippen molar-refractivity contribution in [1.29, 1.82) is 0 Å². The van der Waals surface area contributed by atoms with Gasteiger partial charge in [0.15, 0.2) is 17.7 Å². The van der Waals surface area contributed by atoms with E-state index in [1.54, 1.807) is 36.4 Å². The maximum absolute atomic E-state index is 13.7. The van der Waals surface area contributed by atoms with Gasteiger partial charge in [-0.2, -0.15) is 0 Å². The van der Waals surface area contributed by atoms with Gasteiger partial charge in [0.2, 0.25) is 0 Å². The van der Waals surface area contributed by atoms with Crippen LogP contribution in [0.1, 0.15) is 17.3 Å². The Kier molecular flexibility index (Phi) is 5.70. The molecule has 0 bridgehead atoms. The van der Waals surface area contributed by atoms with E-state index in [1.165, 1.54) is 19.1 Å². The molecule has 0 saturated carbocycles. The minimum atomic E-state index is -0.984. The monoisotopic (exact) mass is 380 g/mol. The van der Waals surface area contributed by atoms with Crippen LogP contribution in [0.3, 0.4) is 0 Å². The Balaban J connectivity index is 1.89. The number of rotatable bonds is 4. The highest BCUT2D eigenvalue weighted by atomic mass is 79.9. The molecular formula is C16H14BrFN2O3. The second-order valence-corrected chi connectivity index (χ2v) is 5.56. The number of amides is 2. The minimum Gasteiger partial charge on any atom is -0.478 e. The highest BCUT2D eigenvalue weighted by Crippen LogP contribution is 2.22. The fraction of sp³-hybridized carbons (Fsp3) is 0.125. The highest BCUT2D eigenvalue weighted by Gasteiger charge is 2.17. The van der Waals surface area contributed by atoms with Crippen LogP contribution in [0.2, 0.25) is 0 Å². The van der Waals surface area contributed by atoms with E-state index < -0.39 is 23.7 Å². The standard InChI is InChI=1S/C16H14BrFN2O3/c1-10(23-14-8-7-12(17)9-13(14)18)15(21)19-20-16(22)11-5-3-2-4-6-11/h2-10H,1H3,(H,19,21)(H,20,22)/t10-/m0/s1. The molecule has 0 aliphatic carbocycles. The number of hydrazine groups is 1.